The number of carbonyl (C=O) groups is 3. The molecule has 0 aromatic heterocycles. The van der Waals surface area contributed by atoms with Gasteiger partial charge in [-0.3, -0.25) is 9.59 Å². The fraction of sp³-hybridized carbons (Fsp3) is 0.323. The second-order valence-corrected chi connectivity index (χ2v) is 11.2. The van der Waals surface area contributed by atoms with Crippen LogP contribution in [-0.4, -0.2) is 85.7 Å². The van der Waals surface area contributed by atoms with Crippen molar-refractivity contribution in [3.8, 4) is 22.6 Å². The second kappa shape index (κ2) is 14.3. The predicted octanol–water partition coefficient (Wildman–Crippen LogP) is 4.77. The first kappa shape index (κ1) is 32.3. The molecule has 45 heavy (non-hydrogen) atoms. The third kappa shape index (κ3) is 7.09. The molecular formula is C31H30Cl2FN3O8. The van der Waals surface area contributed by atoms with Crippen LogP contribution in [0.15, 0.2) is 42.5 Å². The lowest BCUT2D eigenvalue weighted by Crippen LogP contribution is -2.37. The van der Waals surface area contributed by atoms with Crippen molar-refractivity contribution in [1.82, 2.24) is 10.2 Å². The van der Waals surface area contributed by atoms with E-state index in [0.29, 0.717) is 54.6 Å². The number of aromatic carboxylic acids is 1. The summed E-state index contributed by atoms with van der Waals surface area (Å²) < 4.78 is 32.8. The van der Waals surface area contributed by atoms with E-state index in [1.54, 1.807) is 36.4 Å². The third-order valence-electron chi connectivity index (χ3n) is 7.61. The minimum Gasteiger partial charge on any atom is -0.489 e. The number of halogens is 3. The number of para-hydroxylation sites is 1. The number of nitrogens with one attached hydrogen (secondary N) is 1. The molecule has 1 atom stereocenters. The number of rotatable bonds is 6. The highest BCUT2D eigenvalue weighted by molar-refractivity contribution is 6.39. The first-order valence-corrected chi connectivity index (χ1v) is 14.9. The van der Waals surface area contributed by atoms with Gasteiger partial charge in [0.25, 0.3) is 12.4 Å². The Morgan fingerprint density at radius 1 is 1.09 bits per heavy atom. The average Bonchev–Trinajstić information content (AvgIpc) is 3.54. The van der Waals surface area contributed by atoms with Gasteiger partial charge in [-0.15, -0.1) is 0 Å². The number of nitrogens with zero attached hydrogens (tertiary/aromatic N) is 2. The number of carbonyl (C=O) groups excluding carboxylic acids is 1. The second-order valence-electron chi connectivity index (χ2n) is 10.4. The van der Waals surface area contributed by atoms with E-state index in [1.165, 1.54) is 4.90 Å². The molecular weight excluding hydrogens is 632 g/mol. The summed E-state index contributed by atoms with van der Waals surface area (Å²) in [5, 5.41) is 20.2. The van der Waals surface area contributed by atoms with Crippen LogP contribution in [0.5, 0.6) is 11.5 Å². The lowest BCUT2D eigenvalue weighted by atomic mass is 9.97. The average molecular weight is 662 g/mol. The Labute approximate surface area is 268 Å². The van der Waals surface area contributed by atoms with E-state index < -0.39 is 17.7 Å². The standard InChI is InChI=1S/C30H28Cl2FN3O6.CH2O2/c31-23-10-19(42-18-4-5-34-14-18)11-24(32)27(23)29(37)36-15-17-2-1-3-20(28(17)41-16-36)21-13-26(35-6-8-40-9-7-35)22(30(38)39)12-25(21)33;2-1-3/h1-3,10-13,18,34H,4-9,14-16H2,(H,38,39);1H,(H,2,3)/t18-;/m0./s1. The highest BCUT2D eigenvalue weighted by atomic mass is 35.5. The summed E-state index contributed by atoms with van der Waals surface area (Å²) in [4.78, 5) is 37.2. The van der Waals surface area contributed by atoms with Gasteiger partial charge in [0.1, 0.15) is 23.4 Å². The number of fused-ring (bicyclic) bond motifs is 1. The number of morpholine rings is 1. The third-order valence-corrected chi connectivity index (χ3v) is 8.21. The molecule has 238 valence electrons. The summed E-state index contributed by atoms with van der Waals surface area (Å²) >= 11 is 13.0. The van der Waals surface area contributed by atoms with Crippen LogP contribution in [-0.2, 0) is 16.1 Å². The van der Waals surface area contributed by atoms with E-state index in [4.69, 9.17) is 47.3 Å². The fourth-order valence-electron chi connectivity index (χ4n) is 5.52. The first-order chi connectivity index (χ1) is 21.7. The zero-order chi connectivity index (χ0) is 32.1. The SMILES string of the molecule is O=C(O)c1cc(F)c(-c2cccc3c2OCN(C(=O)c2c(Cl)cc(O[C@H]4CCNC4)cc2Cl)C3)cc1N1CCOCC1.O=CO. The van der Waals surface area contributed by atoms with Crippen molar-refractivity contribution in [3.05, 3.63) is 75.0 Å². The van der Waals surface area contributed by atoms with Gasteiger partial charge in [-0.1, -0.05) is 41.4 Å². The Balaban J connectivity index is 0.00000128. The quantitative estimate of drug-likeness (QED) is 0.317. The largest absolute Gasteiger partial charge is 0.489 e. The van der Waals surface area contributed by atoms with Crippen LogP contribution in [0.1, 0.15) is 32.7 Å². The summed E-state index contributed by atoms with van der Waals surface area (Å²) in [6, 6.07) is 11.0. The van der Waals surface area contributed by atoms with Crippen LogP contribution < -0.4 is 19.7 Å². The maximum atomic E-state index is 15.4. The molecule has 11 nitrogen and oxygen atoms in total. The molecule has 0 bridgehead atoms. The van der Waals surface area contributed by atoms with E-state index >= 15 is 4.39 Å². The van der Waals surface area contributed by atoms with Gasteiger partial charge in [-0.05, 0) is 37.2 Å². The molecule has 1 amide bonds. The number of carboxylic acid groups (broad SMARTS) is 2. The van der Waals surface area contributed by atoms with E-state index in [9.17, 15) is 14.7 Å². The highest BCUT2D eigenvalue weighted by Gasteiger charge is 2.30. The number of anilines is 1. The van der Waals surface area contributed by atoms with Gasteiger partial charge in [0.15, 0.2) is 6.73 Å². The maximum Gasteiger partial charge on any atom is 0.337 e. The van der Waals surface area contributed by atoms with E-state index in [0.717, 1.165) is 25.6 Å². The van der Waals surface area contributed by atoms with Gasteiger partial charge in [0.05, 0.1) is 46.6 Å². The summed E-state index contributed by atoms with van der Waals surface area (Å²) in [6.45, 7) is 3.27. The van der Waals surface area contributed by atoms with Gasteiger partial charge in [-0.25, -0.2) is 9.18 Å². The summed E-state index contributed by atoms with van der Waals surface area (Å²) in [6.07, 6.45) is 0.875. The lowest BCUT2D eigenvalue weighted by molar-refractivity contribution is -0.122. The molecule has 0 saturated carbocycles. The van der Waals surface area contributed by atoms with E-state index in [2.05, 4.69) is 5.32 Å². The van der Waals surface area contributed by atoms with Crippen LogP contribution in [0, 0.1) is 5.82 Å². The number of ether oxygens (including phenoxy) is 3. The van der Waals surface area contributed by atoms with Crippen molar-refractivity contribution < 1.29 is 43.2 Å². The molecule has 2 fully saturated rings. The van der Waals surface area contributed by atoms with Crippen LogP contribution in [0.4, 0.5) is 10.1 Å². The Hall–Kier alpha value is -4.10. The van der Waals surface area contributed by atoms with Gasteiger partial charge < -0.3 is 39.5 Å². The fourth-order valence-corrected chi connectivity index (χ4v) is 6.15. The molecule has 0 unspecified atom stereocenters. The minimum atomic E-state index is -1.21. The number of benzene rings is 3. The van der Waals surface area contributed by atoms with Gasteiger partial charge in [0.2, 0.25) is 0 Å². The molecule has 3 aliphatic rings. The molecule has 3 heterocycles. The van der Waals surface area contributed by atoms with Crippen molar-refractivity contribution in [2.45, 2.75) is 19.1 Å². The molecule has 0 radical (unpaired) electrons. The molecule has 3 N–H and O–H groups in total. The first-order valence-electron chi connectivity index (χ1n) is 14.1. The zero-order valence-electron chi connectivity index (χ0n) is 23.9. The summed E-state index contributed by atoms with van der Waals surface area (Å²) in [5.41, 5.74) is 1.75. The molecule has 6 rings (SSSR count). The van der Waals surface area contributed by atoms with Crippen LogP contribution in [0.25, 0.3) is 11.1 Å². The highest BCUT2D eigenvalue weighted by Crippen LogP contribution is 2.41. The topological polar surface area (TPSA) is 138 Å². The molecule has 0 spiro atoms. The Kier molecular flexibility index (Phi) is 10.3. The van der Waals surface area contributed by atoms with Gasteiger partial charge in [0, 0.05) is 36.3 Å². The molecule has 3 aromatic rings. The minimum absolute atomic E-state index is 0.00925. The van der Waals surface area contributed by atoms with Crippen molar-refractivity contribution in [2.75, 3.05) is 51.0 Å². The molecule has 3 aliphatic heterocycles. The molecule has 2 saturated heterocycles. The van der Waals surface area contributed by atoms with E-state index in [-0.39, 0.29) is 52.6 Å². The Morgan fingerprint density at radius 3 is 2.44 bits per heavy atom. The lowest BCUT2D eigenvalue weighted by Gasteiger charge is -2.32. The Morgan fingerprint density at radius 2 is 1.80 bits per heavy atom. The smallest absolute Gasteiger partial charge is 0.337 e. The van der Waals surface area contributed by atoms with Crippen molar-refractivity contribution >= 4 is 47.2 Å². The van der Waals surface area contributed by atoms with Crippen molar-refractivity contribution in [1.29, 1.82) is 0 Å². The Bertz CT molecular complexity index is 1570. The van der Waals surface area contributed by atoms with Crippen LogP contribution >= 0.6 is 23.2 Å². The number of carboxylic acids is 1. The molecule has 0 aliphatic carbocycles. The molecule has 3 aromatic carbocycles. The summed E-state index contributed by atoms with van der Waals surface area (Å²) in [5.74, 6) is -1.40. The van der Waals surface area contributed by atoms with E-state index in [1.807, 2.05) is 4.90 Å². The maximum absolute atomic E-state index is 15.4. The number of hydrogen-bond donors (Lipinski definition) is 3. The number of amides is 1. The van der Waals surface area contributed by atoms with Crippen LogP contribution in [0.3, 0.4) is 0 Å². The number of hydrogen-bond acceptors (Lipinski definition) is 8. The zero-order valence-corrected chi connectivity index (χ0v) is 25.4. The molecule has 14 heteroatoms. The van der Waals surface area contributed by atoms with Gasteiger partial charge in [-0.2, -0.15) is 0 Å². The van der Waals surface area contributed by atoms with Crippen molar-refractivity contribution in [3.63, 3.8) is 0 Å². The normalized spacial score (nSPS) is 17.4. The van der Waals surface area contributed by atoms with Crippen molar-refractivity contribution in [2.24, 2.45) is 0 Å². The van der Waals surface area contributed by atoms with Gasteiger partial charge >= 0.3 is 5.97 Å². The predicted molar refractivity (Wildman–Crippen MR) is 164 cm³/mol. The monoisotopic (exact) mass is 661 g/mol. The summed E-state index contributed by atoms with van der Waals surface area (Å²) in [7, 11) is 0. The van der Waals surface area contributed by atoms with Crippen LogP contribution in [0.2, 0.25) is 10.0 Å².